The van der Waals surface area contributed by atoms with Gasteiger partial charge in [0.15, 0.2) is 0 Å². The molecule has 0 N–H and O–H groups in total. The van der Waals surface area contributed by atoms with Crippen molar-refractivity contribution >= 4 is 10.0 Å². The van der Waals surface area contributed by atoms with Gasteiger partial charge in [-0.15, -0.1) is 0 Å². The van der Waals surface area contributed by atoms with Crippen molar-refractivity contribution < 1.29 is 21.6 Å². The molecule has 0 aliphatic carbocycles. The fraction of sp³-hybridized carbons (Fsp3) is 0.368. The van der Waals surface area contributed by atoms with Gasteiger partial charge in [0.2, 0.25) is 10.0 Å². The first-order chi connectivity index (χ1) is 12.3. The van der Waals surface area contributed by atoms with Crippen molar-refractivity contribution in [3.63, 3.8) is 0 Å². The van der Waals surface area contributed by atoms with E-state index >= 15 is 0 Å². The zero-order valence-corrected chi connectivity index (χ0v) is 15.0. The predicted molar refractivity (Wildman–Crippen MR) is 93.5 cm³/mol. The van der Waals surface area contributed by atoms with E-state index in [-0.39, 0.29) is 23.8 Å². The summed E-state index contributed by atoms with van der Waals surface area (Å²) in [5, 5.41) is 0. The van der Waals surface area contributed by atoms with E-state index in [4.69, 9.17) is 0 Å². The second kappa shape index (κ2) is 7.80. The molecule has 7 heteroatoms. The molecule has 1 unspecified atom stereocenters. The molecule has 140 valence electrons. The lowest BCUT2D eigenvalue weighted by Crippen LogP contribution is -2.35. The Morgan fingerprint density at radius 3 is 2.23 bits per heavy atom. The summed E-state index contributed by atoms with van der Waals surface area (Å²) >= 11 is 0. The maximum absolute atomic E-state index is 13.3. The molecule has 2 aromatic rings. The minimum atomic E-state index is -3.72. The zero-order chi connectivity index (χ0) is 18.7. The van der Waals surface area contributed by atoms with Crippen LogP contribution in [0.15, 0.2) is 42.5 Å². The monoisotopic (exact) mass is 383 g/mol. The summed E-state index contributed by atoms with van der Waals surface area (Å²) in [5.74, 6) is -2.40. The third-order valence-corrected chi connectivity index (χ3v) is 6.46. The zero-order valence-electron chi connectivity index (χ0n) is 14.2. The summed E-state index contributed by atoms with van der Waals surface area (Å²) in [6.45, 7) is 0.656. The van der Waals surface area contributed by atoms with Crippen LogP contribution < -0.4 is 0 Å². The van der Waals surface area contributed by atoms with Gasteiger partial charge in [0.25, 0.3) is 0 Å². The normalized spacial score (nSPS) is 19.3. The smallest absolute Gasteiger partial charge is 0.212 e. The lowest BCUT2D eigenvalue weighted by atomic mass is 9.95. The Morgan fingerprint density at radius 2 is 1.58 bits per heavy atom. The minimum absolute atomic E-state index is 0.0304. The van der Waals surface area contributed by atoms with Gasteiger partial charge < -0.3 is 0 Å². The van der Waals surface area contributed by atoms with Crippen LogP contribution in [0.4, 0.5) is 13.2 Å². The van der Waals surface area contributed by atoms with Gasteiger partial charge in [-0.05, 0) is 54.2 Å². The van der Waals surface area contributed by atoms with Crippen molar-refractivity contribution in [2.75, 3.05) is 13.1 Å². The number of sulfonamides is 1. The van der Waals surface area contributed by atoms with E-state index in [1.54, 1.807) is 12.1 Å². The third-order valence-electron chi connectivity index (χ3n) is 4.64. The van der Waals surface area contributed by atoms with Crippen LogP contribution in [0.25, 0.3) is 0 Å². The highest BCUT2D eigenvalue weighted by atomic mass is 32.2. The molecule has 0 saturated carbocycles. The van der Waals surface area contributed by atoms with Crippen LogP contribution in [0.1, 0.15) is 36.3 Å². The van der Waals surface area contributed by atoms with E-state index in [9.17, 15) is 21.6 Å². The molecule has 1 aliphatic heterocycles. The first kappa shape index (κ1) is 18.9. The van der Waals surface area contributed by atoms with Gasteiger partial charge in [-0.25, -0.2) is 25.9 Å². The number of nitrogens with zero attached hydrogens (tertiary/aromatic N) is 1. The lowest BCUT2D eigenvalue weighted by molar-refractivity contribution is 0.405. The molecule has 1 atom stereocenters. The summed E-state index contributed by atoms with van der Waals surface area (Å²) in [6, 6.07) is 8.89. The van der Waals surface area contributed by atoms with Crippen LogP contribution in [-0.2, 0) is 15.8 Å². The van der Waals surface area contributed by atoms with Gasteiger partial charge in [0.05, 0.1) is 5.75 Å². The van der Waals surface area contributed by atoms with Crippen molar-refractivity contribution in [1.29, 1.82) is 0 Å². The van der Waals surface area contributed by atoms with Gasteiger partial charge >= 0.3 is 0 Å². The highest BCUT2D eigenvalue weighted by molar-refractivity contribution is 7.88. The fourth-order valence-electron chi connectivity index (χ4n) is 3.36. The number of hydrogen-bond donors (Lipinski definition) is 0. The second-order valence-corrected chi connectivity index (χ2v) is 8.61. The molecule has 3 nitrogen and oxygen atoms in total. The molecule has 26 heavy (non-hydrogen) atoms. The number of halogens is 3. The minimum Gasteiger partial charge on any atom is -0.212 e. The number of benzene rings is 2. The maximum atomic E-state index is 13.3. The average Bonchev–Trinajstić information content (AvgIpc) is 2.81. The highest BCUT2D eigenvalue weighted by Crippen LogP contribution is 2.29. The predicted octanol–water partition coefficient (Wildman–Crippen LogP) is 4.20. The molecule has 1 fully saturated rings. The van der Waals surface area contributed by atoms with Crippen molar-refractivity contribution in [2.24, 2.45) is 0 Å². The van der Waals surface area contributed by atoms with Crippen LogP contribution >= 0.6 is 0 Å². The molecular formula is C19H20F3NO2S. The fourth-order valence-corrected chi connectivity index (χ4v) is 4.95. The van der Waals surface area contributed by atoms with E-state index in [1.165, 1.54) is 16.4 Å². The van der Waals surface area contributed by atoms with E-state index in [1.807, 2.05) is 0 Å². The topological polar surface area (TPSA) is 37.4 Å². The summed E-state index contributed by atoms with van der Waals surface area (Å²) in [5.41, 5.74) is 0.982. The highest BCUT2D eigenvalue weighted by Gasteiger charge is 2.28. The average molecular weight is 383 g/mol. The Bertz CT molecular complexity index is 849. The number of rotatable bonds is 4. The lowest BCUT2D eigenvalue weighted by Gasteiger charge is -2.24. The first-order valence-electron chi connectivity index (χ1n) is 8.52. The molecule has 0 amide bonds. The van der Waals surface area contributed by atoms with Crippen LogP contribution in [-0.4, -0.2) is 25.8 Å². The summed E-state index contributed by atoms with van der Waals surface area (Å²) in [4.78, 5) is 0. The van der Waals surface area contributed by atoms with Gasteiger partial charge in [-0.2, -0.15) is 0 Å². The van der Waals surface area contributed by atoms with Crippen LogP contribution in [0.3, 0.4) is 0 Å². The van der Waals surface area contributed by atoms with E-state index in [0.717, 1.165) is 30.5 Å². The van der Waals surface area contributed by atoms with Crippen LogP contribution in [0.5, 0.6) is 0 Å². The van der Waals surface area contributed by atoms with E-state index in [2.05, 4.69) is 0 Å². The van der Waals surface area contributed by atoms with E-state index < -0.39 is 27.4 Å². The van der Waals surface area contributed by atoms with Crippen molar-refractivity contribution in [3.05, 3.63) is 71.0 Å². The first-order valence-corrected chi connectivity index (χ1v) is 10.1. The molecule has 2 aromatic carbocycles. The molecule has 3 rings (SSSR count). The quantitative estimate of drug-likeness (QED) is 0.793. The SMILES string of the molecule is O=S(=O)(Cc1cc(F)cc(F)c1)N1CCCCC(c2ccc(F)cc2)C1. The Labute approximate surface area is 151 Å². The van der Waals surface area contributed by atoms with Crippen molar-refractivity contribution in [1.82, 2.24) is 4.31 Å². The Balaban J connectivity index is 1.80. The Morgan fingerprint density at radius 1 is 0.923 bits per heavy atom. The standard InChI is InChI=1S/C19H20F3NO2S/c20-17-6-4-15(5-7-17)16-3-1-2-8-23(12-16)26(24,25)13-14-9-18(21)11-19(22)10-14/h4-7,9-11,16H,1-3,8,12-13H2. The molecular weight excluding hydrogens is 363 g/mol. The summed E-state index contributed by atoms with van der Waals surface area (Å²) < 4.78 is 66.8. The molecule has 1 aliphatic rings. The second-order valence-electron chi connectivity index (χ2n) is 6.64. The van der Waals surface area contributed by atoms with Gasteiger partial charge in [0, 0.05) is 19.2 Å². The Hall–Kier alpha value is -1.86. The molecule has 0 aromatic heterocycles. The van der Waals surface area contributed by atoms with Gasteiger partial charge in [0.1, 0.15) is 17.5 Å². The maximum Gasteiger partial charge on any atom is 0.218 e. The largest absolute Gasteiger partial charge is 0.218 e. The molecule has 1 saturated heterocycles. The van der Waals surface area contributed by atoms with Gasteiger partial charge in [-0.3, -0.25) is 0 Å². The summed E-state index contributed by atoms with van der Waals surface area (Å²) in [6.07, 6.45) is 2.39. The Kier molecular flexibility index (Phi) is 5.67. The summed E-state index contributed by atoms with van der Waals surface area (Å²) in [7, 11) is -3.72. The molecule has 1 heterocycles. The van der Waals surface area contributed by atoms with Crippen molar-refractivity contribution in [2.45, 2.75) is 30.9 Å². The van der Waals surface area contributed by atoms with Crippen molar-refractivity contribution in [3.8, 4) is 0 Å². The molecule has 0 bridgehead atoms. The van der Waals surface area contributed by atoms with Crippen LogP contribution in [0, 0.1) is 17.5 Å². The molecule has 0 spiro atoms. The third kappa shape index (κ3) is 4.65. The van der Waals surface area contributed by atoms with Gasteiger partial charge in [-0.1, -0.05) is 18.6 Å². The molecule has 0 radical (unpaired) electrons. The van der Waals surface area contributed by atoms with Crippen LogP contribution in [0.2, 0.25) is 0 Å². The number of hydrogen-bond acceptors (Lipinski definition) is 2. The van der Waals surface area contributed by atoms with E-state index in [0.29, 0.717) is 19.0 Å².